The average molecular weight is 283 g/mol. The van der Waals surface area contributed by atoms with E-state index < -0.39 is 35.5 Å². The van der Waals surface area contributed by atoms with Crippen molar-refractivity contribution in [1.82, 2.24) is 10.6 Å². The lowest BCUT2D eigenvalue weighted by Gasteiger charge is -2.08. The summed E-state index contributed by atoms with van der Waals surface area (Å²) in [7, 11) is 0. The van der Waals surface area contributed by atoms with E-state index >= 15 is 0 Å². The number of hydrogen-bond acceptors (Lipinski definition) is 3. The van der Waals surface area contributed by atoms with E-state index in [4.69, 9.17) is 0 Å². The number of urea groups is 1. The minimum atomic E-state index is -0.884. The molecule has 3 N–H and O–H groups in total. The number of carbonyl (C=O) groups is 3. The number of rotatable bonds is 4. The maximum atomic E-state index is 13.3. The summed E-state index contributed by atoms with van der Waals surface area (Å²) in [5.74, 6) is -2.67. The molecule has 1 saturated heterocycles. The van der Waals surface area contributed by atoms with E-state index in [2.05, 4.69) is 10.6 Å². The topological polar surface area (TPSA) is 87.3 Å². The van der Waals surface area contributed by atoms with Crippen LogP contribution in [0.3, 0.4) is 0 Å². The van der Waals surface area contributed by atoms with Gasteiger partial charge in [-0.3, -0.25) is 14.9 Å². The Morgan fingerprint density at radius 1 is 1.30 bits per heavy atom. The Hall–Kier alpha value is -2.51. The molecule has 8 heteroatoms. The Morgan fingerprint density at radius 2 is 2.05 bits per heavy atom. The van der Waals surface area contributed by atoms with E-state index in [-0.39, 0.29) is 18.5 Å². The first-order valence-corrected chi connectivity index (χ1v) is 5.82. The van der Waals surface area contributed by atoms with Gasteiger partial charge in [0.1, 0.15) is 17.7 Å². The van der Waals surface area contributed by atoms with Gasteiger partial charge < -0.3 is 10.6 Å². The summed E-state index contributed by atoms with van der Waals surface area (Å²) in [6.07, 6.45) is 0.00139. The molecule has 0 aliphatic carbocycles. The Balaban J connectivity index is 1.86. The second-order valence-electron chi connectivity index (χ2n) is 4.23. The minimum absolute atomic E-state index is 0.0881. The summed E-state index contributed by atoms with van der Waals surface area (Å²) in [4.78, 5) is 33.6. The molecule has 0 saturated carbocycles. The Kier molecular flexibility index (Phi) is 3.92. The number of hydrogen-bond donors (Lipinski definition) is 3. The van der Waals surface area contributed by atoms with Crippen molar-refractivity contribution in [2.75, 3.05) is 5.32 Å². The Labute approximate surface area is 112 Å². The summed E-state index contributed by atoms with van der Waals surface area (Å²) in [6, 6.07) is 1.40. The fraction of sp³-hybridized carbons (Fsp3) is 0.250. The molecular formula is C12H11F2N3O3. The molecule has 4 amide bonds. The van der Waals surface area contributed by atoms with Crippen LogP contribution in [-0.2, 0) is 9.59 Å². The molecule has 1 heterocycles. The van der Waals surface area contributed by atoms with Gasteiger partial charge in [0, 0.05) is 12.5 Å². The number of benzene rings is 1. The highest BCUT2D eigenvalue weighted by molar-refractivity contribution is 6.04. The van der Waals surface area contributed by atoms with Crippen LogP contribution in [0.1, 0.15) is 12.8 Å². The van der Waals surface area contributed by atoms with Crippen LogP contribution < -0.4 is 16.0 Å². The quantitative estimate of drug-likeness (QED) is 0.717. The van der Waals surface area contributed by atoms with Crippen LogP contribution in [0.2, 0.25) is 0 Å². The van der Waals surface area contributed by atoms with Gasteiger partial charge in [-0.2, -0.15) is 0 Å². The molecule has 0 bridgehead atoms. The Morgan fingerprint density at radius 3 is 2.65 bits per heavy atom. The fourth-order valence-corrected chi connectivity index (χ4v) is 1.74. The standard InChI is InChI=1S/C12H11F2N3O3/c13-6-1-2-8(7(14)5-6)15-10(18)4-3-9-11(19)17-12(20)16-9/h1-2,5,9H,3-4H2,(H,15,18)(H2,16,17,19,20)/t9-/m0/s1. The smallest absolute Gasteiger partial charge is 0.322 e. The van der Waals surface area contributed by atoms with Gasteiger partial charge in [0.15, 0.2) is 0 Å². The molecule has 2 rings (SSSR count). The maximum Gasteiger partial charge on any atom is 0.322 e. The molecule has 1 aliphatic rings. The van der Waals surface area contributed by atoms with Crippen molar-refractivity contribution in [2.24, 2.45) is 0 Å². The van der Waals surface area contributed by atoms with Gasteiger partial charge in [-0.25, -0.2) is 13.6 Å². The molecule has 0 unspecified atom stereocenters. The number of nitrogens with one attached hydrogen (secondary N) is 3. The van der Waals surface area contributed by atoms with Gasteiger partial charge in [0.2, 0.25) is 5.91 Å². The van der Waals surface area contributed by atoms with E-state index in [9.17, 15) is 23.2 Å². The van der Waals surface area contributed by atoms with Crippen molar-refractivity contribution < 1.29 is 23.2 Å². The average Bonchev–Trinajstić information content (AvgIpc) is 2.69. The predicted molar refractivity (Wildman–Crippen MR) is 64.7 cm³/mol. The van der Waals surface area contributed by atoms with Crippen molar-refractivity contribution in [3.63, 3.8) is 0 Å². The van der Waals surface area contributed by atoms with Crippen LogP contribution in [0.15, 0.2) is 18.2 Å². The highest BCUT2D eigenvalue weighted by Crippen LogP contribution is 2.15. The summed E-state index contributed by atoms with van der Waals surface area (Å²) in [5, 5.41) is 6.63. The third kappa shape index (κ3) is 3.28. The second-order valence-corrected chi connectivity index (χ2v) is 4.23. The lowest BCUT2D eigenvalue weighted by Crippen LogP contribution is -2.30. The minimum Gasteiger partial charge on any atom is -0.326 e. The summed E-state index contributed by atoms with van der Waals surface area (Å²) in [5.41, 5.74) is -0.142. The van der Waals surface area contributed by atoms with E-state index in [0.29, 0.717) is 6.07 Å². The van der Waals surface area contributed by atoms with Crippen LogP contribution in [0, 0.1) is 11.6 Å². The highest BCUT2D eigenvalue weighted by atomic mass is 19.1. The maximum absolute atomic E-state index is 13.3. The number of imide groups is 1. The molecule has 106 valence electrons. The number of carbonyl (C=O) groups excluding carboxylic acids is 3. The van der Waals surface area contributed by atoms with Crippen LogP contribution in [0.25, 0.3) is 0 Å². The van der Waals surface area contributed by atoms with Gasteiger partial charge in [-0.15, -0.1) is 0 Å². The molecule has 0 aromatic heterocycles. The highest BCUT2D eigenvalue weighted by Gasteiger charge is 2.29. The predicted octanol–water partition coefficient (Wildman–Crippen LogP) is 0.891. The zero-order chi connectivity index (χ0) is 14.7. The largest absolute Gasteiger partial charge is 0.326 e. The van der Waals surface area contributed by atoms with Gasteiger partial charge in [0.05, 0.1) is 5.69 Å². The second kappa shape index (κ2) is 5.64. The van der Waals surface area contributed by atoms with Crippen molar-refractivity contribution in [1.29, 1.82) is 0 Å². The van der Waals surface area contributed by atoms with Crippen LogP contribution in [-0.4, -0.2) is 23.9 Å². The molecule has 1 aliphatic heterocycles. The number of halogens is 2. The molecule has 6 nitrogen and oxygen atoms in total. The van der Waals surface area contributed by atoms with Gasteiger partial charge in [-0.05, 0) is 18.6 Å². The van der Waals surface area contributed by atoms with Crippen LogP contribution >= 0.6 is 0 Å². The first kappa shape index (κ1) is 13.9. The van der Waals surface area contributed by atoms with Gasteiger partial charge in [-0.1, -0.05) is 0 Å². The van der Waals surface area contributed by atoms with Gasteiger partial charge >= 0.3 is 6.03 Å². The van der Waals surface area contributed by atoms with Crippen molar-refractivity contribution in [3.8, 4) is 0 Å². The normalized spacial score (nSPS) is 17.6. The fourth-order valence-electron chi connectivity index (χ4n) is 1.74. The van der Waals surface area contributed by atoms with Crippen LogP contribution in [0.4, 0.5) is 19.3 Å². The molecule has 1 aromatic rings. The van der Waals surface area contributed by atoms with E-state index in [0.717, 1.165) is 12.1 Å². The van der Waals surface area contributed by atoms with Crippen molar-refractivity contribution >= 4 is 23.5 Å². The molecule has 20 heavy (non-hydrogen) atoms. The summed E-state index contributed by atoms with van der Waals surface area (Å²) < 4.78 is 26.0. The van der Waals surface area contributed by atoms with Crippen molar-refractivity contribution in [3.05, 3.63) is 29.8 Å². The number of amides is 4. The third-order valence-electron chi connectivity index (χ3n) is 2.72. The molecular weight excluding hydrogens is 272 g/mol. The lowest BCUT2D eigenvalue weighted by atomic mass is 10.1. The lowest BCUT2D eigenvalue weighted by molar-refractivity contribution is -0.120. The molecule has 1 atom stereocenters. The molecule has 1 aromatic carbocycles. The first-order chi connectivity index (χ1) is 9.45. The first-order valence-electron chi connectivity index (χ1n) is 5.82. The van der Waals surface area contributed by atoms with E-state index in [1.54, 1.807) is 0 Å². The van der Waals surface area contributed by atoms with Gasteiger partial charge in [0.25, 0.3) is 5.91 Å². The zero-order valence-corrected chi connectivity index (χ0v) is 10.2. The SMILES string of the molecule is O=C(CC[C@@H]1NC(=O)NC1=O)Nc1ccc(F)cc1F. The molecule has 0 radical (unpaired) electrons. The summed E-state index contributed by atoms with van der Waals surface area (Å²) in [6.45, 7) is 0. The zero-order valence-electron chi connectivity index (χ0n) is 10.2. The molecule has 1 fully saturated rings. The third-order valence-corrected chi connectivity index (χ3v) is 2.72. The van der Waals surface area contributed by atoms with Crippen molar-refractivity contribution in [2.45, 2.75) is 18.9 Å². The van der Waals surface area contributed by atoms with Crippen LogP contribution in [0.5, 0.6) is 0 Å². The Bertz CT molecular complexity index is 577. The monoisotopic (exact) mass is 283 g/mol. The number of anilines is 1. The molecule has 0 spiro atoms. The summed E-state index contributed by atoms with van der Waals surface area (Å²) >= 11 is 0. The van der Waals surface area contributed by atoms with E-state index in [1.807, 2.05) is 5.32 Å². The van der Waals surface area contributed by atoms with E-state index in [1.165, 1.54) is 0 Å².